The van der Waals surface area contributed by atoms with Crippen molar-refractivity contribution in [2.45, 2.75) is 0 Å². The Morgan fingerprint density at radius 3 is 2.86 bits per heavy atom. The maximum absolute atomic E-state index is 4.72. The minimum atomic E-state index is 0.592. The largest absolute Gasteiger partial charge is 0.498 e. The van der Waals surface area contributed by atoms with Crippen LogP contribution in [0.25, 0.3) is 0 Å². The van der Waals surface area contributed by atoms with Crippen molar-refractivity contribution >= 4 is 15.9 Å². The lowest BCUT2D eigenvalue weighted by atomic mass is 10.7. The van der Waals surface area contributed by atoms with Gasteiger partial charge in [0.05, 0.1) is 6.26 Å². The first-order valence-corrected chi connectivity index (χ1v) is 2.81. The van der Waals surface area contributed by atoms with Crippen molar-refractivity contribution in [1.82, 2.24) is 0 Å². The van der Waals surface area contributed by atoms with Crippen molar-refractivity contribution in [2.75, 3.05) is 6.61 Å². The van der Waals surface area contributed by atoms with Gasteiger partial charge in [-0.25, -0.2) is 0 Å². The van der Waals surface area contributed by atoms with Gasteiger partial charge in [0.2, 0.25) is 0 Å². The first-order chi connectivity index (χ1) is 3.41. The van der Waals surface area contributed by atoms with E-state index in [9.17, 15) is 0 Å². The summed E-state index contributed by atoms with van der Waals surface area (Å²) >= 11 is 3.08. The smallest absolute Gasteiger partial charge is 0.106 e. The summed E-state index contributed by atoms with van der Waals surface area (Å²) in [6, 6.07) is 0. The van der Waals surface area contributed by atoms with Crippen molar-refractivity contribution in [3.05, 3.63) is 23.9 Å². The second kappa shape index (κ2) is 5.76. The van der Waals surface area contributed by atoms with Crippen molar-refractivity contribution in [3.8, 4) is 0 Å². The maximum atomic E-state index is 4.72. The van der Waals surface area contributed by atoms with Gasteiger partial charge in [-0.1, -0.05) is 22.5 Å². The fourth-order valence-corrected chi connectivity index (χ4v) is 0.313. The fourth-order valence-electron chi connectivity index (χ4n) is 0.160. The third kappa shape index (κ3) is 5.76. The predicted octanol–water partition coefficient (Wildman–Crippen LogP) is 2.06. The van der Waals surface area contributed by atoms with Crippen LogP contribution in [0, 0.1) is 0 Å². The summed E-state index contributed by atoms with van der Waals surface area (Å²) in [5.41, 5.74) is 0. The van der Waals surface area contributed by atoms with Crippen LogP contribution in [-0.4, -0.2) is 6.61 Å². The van der Waals surface area contributed by atoms with Crippen LogP contribution in [0.15, 0.2) is 23.9 Å². The van der Waals surface area contributed by atoms with Crippen molar-refractivity contribution in [1.29, 1.82) is 0 Å². The summed E-state index contributed by atoms with van der Waals surface area (Å²) in [4.78, 5) is 1.75. The van der Waals surface area contributed by atoms with Gasteiger partial charge in [-0.05, 0) is 11.1 Å². The van der Waals surface area contributed by atoms with E-state index in [0.29, 0.717) is 6.61 Å². The zero-order valence-electron chi connectivity index (χ0n) is 3.93. The van der Waals surface area contributed by atoms with Crippen LogP contribution in [-0.2, 0) is 4.74 Å². The molecule has 7 heavy (non-hydrogen) atoms. The third-order valence-corrected chi connectivity index (χ3v) is 0.773. The molecule has 0 atom stereocenters. The Morgan fingerprint density at radius 1 is 1.71 bits per heavy atom. The minimum Gasteiger partial charge on any atom is -0.498 e. The molecule has 1 nitrogen and oxygen atoms in total. The van der Waals surface area contributed by atoms with E-state index in [1.54, 1.807) is 4.99 Å². The Hall–Kier alpha value is -0.240. The molecule has 0 aromatic rings. The van der Waals surface area contributed by atoms with Crippen LogP contribution in [0.3, 0.4) is 0 Å². The summed E-state index contributed by atoms with van der Waals surface area (Å²) in [6.07, 6.45) is 3.24. The Bertz CT molecular complexity index is 68.5. The zero-order valence-corrected chi connectivity index (χ0v) is 5.52. The van der Waals surface area contributed by atoms with Crippen LogP contribution in [0.5, 0.6) is 0 Å². The summed E-state index contributed by atoms with van der Waals surface area (Å²) in [5, 5.41) is 0. The SMILES string of the molecule is C=COCC=CBr. The normalized spacial score (nSPS) is 9.29. The molecule has 0 saturated carbocycles. The van der Waals surface area contributed by atoms with E-state index in [1.807, 2.05) is 6.08 Å². The van der Waals surface area contributed by atoms with E-state index < -0.39 is 0 Å². The third-order valence-electron chi connectivity index (χ3n) is 0.399. The molecular weight excluding hydrogens is 156 g/mol. The van der Waals surface area contributed by atoms with Crippen LogP contribution in [0.4, 0.5) is 0 Å². The van der Waals surface area contributed by atoms with E-state index in [4.69, 9.17) is 4.74 Å². The summed E-state index contributed by atoms with van der Waals surface area (Å²) in [5.74, 6) is 0. The molecule has 0 aliphatic rings. The molecule has 0 aromatic carbocycles. The molecule has 0 radical (unpaired) electrons. The van der Waals surface area contributed by atoms with E-state index >= 15 is 0 Å². The second-order valence-corrected chi connectivity index (χ2v) is 1.39. The van der Waals surface area contributed by atoms with Crippen LogP contribution in [0.2, 0.25) is 0 Å². The van der Waals surface area contributed by atoms with Crippen LogP contribution >= 0.6 is 15.9 Å². The van der Waals surface area contributed by atoms with Gasteiger partial charge in [-0.2, -0.15) is 0 Å². The van der Waals surface area contributed by atoms with Gasteiger partial charge < -0.3 is 4.74 Å². The van der Waals surface area contributed by atoms with E-state index in [0.717, 1.165) is 0 Å². The summed E-state index contributed by atoms with van der Waals surface area (Å²) in [7, 11) is 0. The molecule has 0 spiro atoms. The molecule has 0 saturated heterocycles. The Balaban J connectivity index is 2.82. The molecular formula is C5H7BrO. The number of halogens is 1. The van der Waals surface area contributed by atoms with Gasteiger partial charge in [0.1, 0.15) is 6.61 Å². The Labute approximate surface area is 51.8 Å². The van der Waals surface area contributed by atoms with E-state index in [2.05, 4.69) is 22.5 Å². The van der Waals surface area contributed by atoms with Crippen LogP contribution in [0.1, 0.15) is 0 Å². The zero-order chi connectivity index (χ0) is 5.54. The molecule has 0 unspecified atom stereocenters. The highest BCUT2D eigenvalue weighted by molar-refractivity contribution is 9.11. The highest BCUT2D eigenvalue weighted by Crippen LogP contribution is 1.82. The first kappa shape index (κ1) is 6.76. The van der Waals surface area contributed by atoms with Crippen LogP contribution < -0.4 is 0 Å². The van der Waals surface area contributed by atoms with Gasteiger partial charge in [-0.3, -0.25) is 0 Å². The molecule has 2 heteroatoms. The minimum absolute atomic E-state index is 0.592. The summed E-state index contributed by atoms with van der Waals surface area (Å²) < 4.78 is 4.72. The first-order valence-electron chi connectivity index (χ1n) is 1.89. The monoisotopic (exact) mass is 162 g/mol. The molecule has 0 aliphatic carbocycles. The molecule has 0 rings (SSSR count). The number of hydrogen-bond acceptors (Lipinski definition) is 1. The second-order valence-electron chi connectivity index (χ2n) is 0.862. The average Bonchev–Trinajstić information content (AvgIpc) is 1.69. The number of hydrogen-bond donors (Lipinski definition) is 0. The summed E-state index contributed by atoms with van der Waals surface area (Å²) in [6.45, 7) is 3.95. The van der Waals surface area contributed by atoms with Gasteiger partial charge in [0.15, 0.2) is 0 Å². The number of rotatable bonds is 3. The molecule has 40 valence electrons. The van der Waals surface area contributed by atoms with Crippen molar-refractivity contribution in [2.24, 2.45) is 0 Å². The lowest BCUT2D eigenvalue weighted by Gasteiger charge is -1.87. The fraction of sp³-hybridized carbons (Fsp3) is 0.200. The quantitative estimate of drug-likeness (QED) is 0.457. The van der Waals surface area contributed by atoms with E-state index in [-0.39, 0.29) is 0 Å². The number of ether oxygens (including phenoxy) is 1. The molecule has 0 aliphatic heterocycles. The molecule has 0 fully saturated rings. The molecule has 0 N–H and O–H groups in total. The highest BCUT2D eigenvalue weighted by Gasteiger charge is 1.65. The molecule has 0 aromatic heterocycles. The van der Waals surface area contributed by atoms with Gasteiger partial charge in [-0.15, -0.1) is 0 Å². The van der Waals surface area contributed by atoms with Crippen molar-refractivity contribution < 1.29 is 4.74 Å². The molecule has 0 heterocycles. The highest BCUT2D eigenvalue weighted by atomic mass is 79.9. The maximum Gasteiger partial charge on any atom is 0.106 e. The molecule has 0 bridgehead atoms. The van der Waals surface area contributed by atoms with E-state index in [1.165, 1.54) is 6.26 Å². The Kier molecular flexibility index (Phi) is 5.56. The van der Waals surface area contributed by atoms with Gasteiger partial charge >= 0.3 is 0 Å². The van der Waals surface area contributed by atoms with Gasteiger partial charge in [0.25, 0.3) is 0 Å². The lowest BCUT2D eigenvalue weighted by molar-refractivity contribution is 0.291. The average molecular weight is 163 g/mol. The predicted molar refractivity (Wildman–Crippen MR) is 34.2 cm³/mol. The van der Waals surface area contributed by atoms with Gasteiger partial charge in [0, 0.05) is 0 Å². The Morgan fingerprint density at radius 2 is 2.43 bits per heavy atom. The lowest BCUT2D eigenvalue weighted by Crippen LogP contribution is -1.76. The topological polar surface area (TPSA) is 9.23 Å². The molecule has 0 amide bonds. The van der Waals surface area contributed by atoms with Crippen molar-refractivity contribution in [3.63, 3.8) is 0 Å². The standard InChI is InChI=1S/C5H7BrO/c1-2-7-5-3-4-6/h2-4H,1,5H2.